The van der Waals surface area contributed by atoms with E-state index in [1.807, 2.05) is 6.07 Å². The molecule has 4 heteroatoms. The lowest BCUT2D eigenvalue weighted by atomic mass is 10.4. The van der Waals surface area contributed by atoms with Crippen molar-refractivity contribution in [2.45, 2.75) is 6.54 Å². The van der Waals surface area contributed by atoms with Crippen LogP contribution in [-0.2, 0) is 6.54 Å². The molecule has 1 heterocycles. The van der Waals surface area contributed by atoms with Gasteiger partial charge in [0.1, 0.15) is 0 Å². The van der Waals surface area contributed by atoms with E-state index in [1.54, 1.807) is 11.3 Å². The molecule has 0 aliphatic heterocycles. The minimum atomic E-state index is 0.201. The number of rotatable bonds is 4. The number of hydrogen-bond acceptors (Lipinski definition) is 3. The summed E-state index contributed by atoms with van der Waals surface area (Å²) in [5.41, 5.74) is 0. The maximum absolute atomic E-state index is 8.48. The van der Waals surface area contributed by atoms with Gasteiger partial charge in [-0.25, -0.2) is 0 Å². The molecule has 0 bridgehead atoms. The molecule has 11 heavy (non-hydrogen) atoms. The van der Waals surface area contributed by atoms with Gasteiger partial charge in [-0.05, 0) is 28.1 Å². The molecule has 0 unspecified atom stereocenters. The highest BCUT2D eigenvalue weighted by Gasteiger charge is 1.95. The second-order valence-electron chi connectivity index (χ2n) is 2.11. The lowest BCUT2D eigenvalue weighted by Crippen LogP contribution is -2.16. The van der Waals surface area contributed by atoms with Crippen molar-refractivity contribution >= 4 is 27.3 Å². The summed E-state index contributed by atoms with van der Waals surface area (Å²) >= 11 is 5.09. The molecule has 0 aromatic carbocycles. The first kappa shape index (κ1) is 9.19. The number of thiophene rings is 1. The van der Waals surface area contributed by atoms with E-state index in [2.05, 4.69) is 27.3 Å². The zero-order valence-electron chi connectivity index (χ0n) is 6.01. The predicted molar refractivity (Wildman–Crippen MR) is 50.8 cm³/mol. The molecular formula is C7H10BrNOS. The van der Waals surface area contributed by atoms with E-state index in [0.717, 1.165) is 10.3 Å². The fourth-order valence-electron chi connectivity index (χ4n) is 0.737. The van der Waals surface area contributed by atoms with E-state index < -0.39 is 0 Å². The van der Waals surface area contributed by atoms with Gasteiger partial charge in [0.05, 0.1) is 10.4 Å². The van der Waals surface area contributed by atoms with Crippen LogP contribution in [0.2, 0.25) is 0 Å². The standard InChI is InChI=1S/C7H10BrNOS/c8-7-2-1-6(11-7)5-9-3-4-10/h1-2,9-10H,3-5H2. The highest BCUT2D eigenvalue weighted by molar-refractivity contribution is 9.11. The molecule has 0 atom stereocenters. The fourth-order valence-corrected chi connectivity index (χ4v) is 2.19. The van der Waals surface area contributed by atoms with Crippen LogP contribution in [0.3, 0.4) is 0 Å². The van der Waals surface area contributed by atoms with E-state index in [9.17, 15) is 0 Å². The number of aliphatic hydroxyl groups is 1. The Bertz CT molecular complexity index is 214. The van der Waals surface area contributed by atoms with Crippen LogP contribution in [0, 0.1) is 0 Å². The molecule has 0 fully saturated rings. The average Bonchev–Trinajstić information content (AvgIpc) is 2.37. The molecule has 1 rings (SSSR count). The Hall–Kier alpha value is 0.1000. The summed E-state index contributed by atoms with van der Waals surface area (Å²) in [7, 11) is 0. The molecular weight excluding hydrogens is 226 g/mol. The zero-order valence-corrected chi connectivity index (χ0v) is 8.41. The van der Waals surface area contributed by atoms with Gasteiger partial charge >= 0.3 is 0 Å². The molecule has 2 nitrogen and oxygen atoms in total. The zero-order chi connectivity index (χ0) is 8.10. The normalized spacial score (nSPS) is 10.4. The van der Waals surface area contributed by atoms with Crippen molar-refractivity contribution in [3.63, 3.8) is 0 Å². The number of halogens is 1. The molecule has 0 spiro atoms. The van der Waals surface area contributed by atoms with Crippen LogP contribution in [0.4, 0.5) is 0 Å². The van der Waals surface area contributed by atoms with Gasteiger partial charge in [-0.3, -0.25) is 0 Å². The summed E-state index contributed by atoms with van der Waals surface area (Å²) in [6.07, 6.45) is 0. The minimum absolute atomic E-state index is 0.201. The summed E-state index contributed by atoms with van der Waals surface area (Å²) in [5.74, 6) is 0. The Morgan fingerprint density at radius 2 is 2.36 bits per heavy atom. The van der Waals surface area contributed by atoms with Crippen LogP contribution in [0.5, 0.6) is 0 Å². The monoisotopic (exact) mass is 235 g/mol. The second kappa shape index (κ2) is 4.87. The van der Waals surface area contributed by atoms with Gasteiger partial charge in [-0.1, -0.05) is 0 Å². The SMILES string of the molecule is OCCNCc1ccc(Br)s1. The van der Waals surface area contributed by atoms with E-state index in [4.69, 9.17) is 5.11 Å². The van der Waals surface area contributed by atoms with Gasteiger partial charge in [-0.2, -0.15) is 0 Å². The number of nitrogens with one attached hydrogen (secondary N) is 1. The first-order valence-electron chi connectivity index (χ1n) is 3.38. The highest BCUT2D eigenvalue weighted by Crippen LogP contribution is 2.21. The summed E-state index contributed by atoms with van der Waals surface area (Å²) < 4.78 is 1.15. The summed E-state index contributed by atoms with van der Waals surface area (Å²) in [6.45, 7) is 1.71. The van der Waals surface area contributed by atoms with Crippen molar-refractivity contribution in [1.82, 2.24) is 5.32 Å². The lowest BCUT2D eigenvalue weighted by molar-refractivity contribution is 0.292. The van der Waals surface area contributed by atoms with Gasteiger partial charge in [0, 0.05) is 18.0 Å². The molecule has 62 valence electrons. The maximum atomic E-state index is 8.48. The van der Waals surface area contributed by atoms with Crippen LogP contribution in [0.1, 0.15) is 4.88 Å². The van der Waals surface area contributed by atoms with Crippen molar-refractivity contribution in [2.75, 3.05) is 13.2 Å². The first-order valence-corrected chi connectivity index (χ1v) is 4.99. The predicted octanol–water partition coefficient (Wildman–Crippen LogP) is 1.59. The molecule has 0 aliphatic rings. The molecule has 1 aromatic rings. The Labute approximate surface area is 78.4 Å². The third kappa shape index (κ3) is 3.33. The molecule has 0 saturated heterocycles. The van der Waals surface area contributed by atoms with Crippen molar-refractivity contribution in [3.05, 3.63) is 20.8 Å². The Morgan fingerprint density at radius 3 is 2.91 bits per heavy atom. The molecule has 0 amide bonds. The van der Waals surface area contributed by atoms with Crippen molar-refractivity contribution in [1.29, 1.82) is 0 Å². The summed E-state index contributed by atoms with van der Waals surface area (Å²) in [5, 5.41) is 11.6. The van der Waals surface area contributed by atoms with Crippen molar-refractivity contribution in [2.24, 2.45) is 0 Å². The average molecular weight is 236 g/mol. The van der Waals surface area contributed by atoms with Gasteiger partial charge in [-0.15, -0.1) is 11.3 Å². The topological polar surface area (TPSA) is 32.3 Å². The van der Waals surface area contributed by atoms with E-state index >= 15 is 0 Å². The van der Waals surface area contributed by atoms with Gasteiger partial charge in [0.25, 0.3) is 0 Å². The Balaban J connectivity index is 2.27. The molecule has 2 N–H and O–H groups in total. The van der Waals surface area contributed by atoms with Gasteiger partial charge in [0.15, 0.2) is 0 Å². The number of aliphatic hydroxyl groups excluding tert-OH is 1. The number of hydrogen-bond donors (Lipinski definition) is 2. The quantitative estimate of drug-likeness (QED) is 0.778. The molecule has 0 saturated carbocycles. The minimum Gasteiger partial charge on any atom is -0.395 e. The van der Waals surface area contributed by atoms with Crippen LogP contribution >= 0.6 is 27.3 Å². The lowest BCUT2D eigenvalue weighted by Gasteiger charge is -1.97. The van der Waals surface area contributed by atoms with Crippen LogP contribution < -0.4 is 5.32 Å². The second-order valence-corrected chi connectivity index (χ2v) is 4.65. The Morgan fingerprint density at radius 1 is 1.55 bits per heavy atom. The molecule has 1 aromatic heterocycles. The van der Waals surface area contributed by atoms with E-state index in [-0.39, 0.29) is 6.61 Å². The van der Waals surface area contributed by atoms with Crippen LogP contribution in [-0.4, -0.2) is 18.3 Å². The van der Waals surface area contributed by atoms with Gasteiger partial charge in [0.2, 0.25) is 0 Å². The maximum Gasteiger partial charge on any atom is 0.0701 e. The molecule has 0 radical (unpaired) electrons. The fraction of sp³-hybridized carbons (Fsp3) is 0.429. The van der Waals surface area contributed by atoms with E-state index in [0.29, 0.717) is 6.54 Å². The summed E-state index contributed by atoms with van der Waals surface area (Å²) in [6, 6.07) is 4.10. The van der Waals surface area contributed by atoms with Crippen LogP contribution in [0.25, 0.3) is 0 Å². The third-order valence-corrected chi connectivity index (χ3v) is 2.84. The third-order valence-electron chi connectivity index (χ3n) is 1.22. The van der Waals surface area contributed by atoms with Crippen molar-refractivity contribution < 1.29 is 5.11 Å². The largest absolute Gasteiger partial charge is 0.395 e. The highest BCUT2D eigenvalue weighted by atomic mass is 79.9. The van der Waals surface area contributed by atoms with Gasteiger partial charge < -0.3 is 10.4 Å². The van der Waals surface area contributed by atoms with Crippen molar-refractivity contribution in [3.8, 4) is 0 Å². The summed E-state index contributed by atoms with van der Waals surface area (Å²) in [4.78, 5) is 1.28. The first-order chi connectivity index (χ1) is 5.33. The Kier molecular flexibility index (Phi) is 4.07. The smallest absolute Gasteiger partial charge is 0.0701 e. The van der Waals surface area contributed by atoms with E-state index in [1.165, 1.54) is 4.88 Å². The van der Waals surface area contributed by atoms with Crippen LogP contribution in [0.15, 0.2) is 15.9 Å². The molecule has 0 aliphatic carbocycles.